The summed E-state index contributed by atoms with van der Waals surface area (Å²) >= 11 is 13.3. The zero-order chi connectivity index (χ0) is 18.7. The van der Waals surface area contributed by atoms with Crippen molar-refractivity contribution in [1.82, 2.24) is 0 Å². The highest BCUT2D eigenvalue weighted by molar-refractivity contribution is 7.12. The van der Waals surface area contributed by atoms with Crippen molar-refractivity contribution >= 4 is 46.1 Å². The molecule has 0 spiro atoms. The SMILES string of the molecule is Cc1cccc(OCc2csc(C(=O)Nc3cc(Cl)cc(Cl)c3)c2)c1C. The Hall–Kier alpha value is -2.01. The number of carbonyl (C=O) groups excluding carboxylic acids is 1. The van der Waals surface area contributed by atoms with Crippen molar-refractivity contribution in [2.75, 3.05) is 5.32 Å². The number of anilines is 1. The highest BCUT2D eigenvalue weighted by Gasteiger charge is 2.11. The quantitative estimate of drug-likeness (QED) is 0.525. The zero-order valence-electron chi connectivity index (χ0n) is 14.3. The molecule has 3 nitrogen and oxygen atoms in total. The van der Waals surface area contributed by atoms with Gasteiger partial charge in [0, 0.05) is 21.3 Å². The maximum atomic E-state index is 12.4. The number of rotatable bonds is 5. The number of halogens is 2. The van der Waals surface area contributed by atoms with E-state index < -0.39 is 0 Å². The maximum Gasteiger partial charge on any atom is 0.265 e. The van der Waals surface area contributed by atoms with Crippen LogP contribution < -0.4 is 10.1 Å². The van der Waals surface area contributed by atoms with Gasteiger partial charge in [0.05, 0.1) is 4.88 Å². The Kier molecular flexibility index (Phi) is 5.87. The smallest absolute Gasteiger partial charge is 0.265 e. The molecule has 1 N–H and O–H groups in total. The van der Waals surface area contributed by atoms with Gasteiger partial charge in [0.2, 0.25) is 0 Å². The number of benzene rings is 2. The van der Waals surface area contributed by atoms with E-state index in [4.69, 9.17) is 27.9 Å². The summed E-state index contributed by atoms with van der Waals surface area (Å²) in [4.78, 5) is 13.0. The normalized spacial score (nSPS) is 10.6. The monoisotopic (exact) mass is 405 g/mol. The van der Waals surface area contributed by atoms with Crippen LogP contribution in [0.4, 0.5) is 5.69 Å². The van der Waals surface area contributed by atoms with E-state index in [2.05, 4.69) is 18.3 Å². The van der Waals surface area contributed by atoms with Gasteiger partial charge in [0.15, 0.2) is 0 Å². The second-order valence-electron chi connectivity index (χ2n) is 5.92. The fourth-order valence-corrected chi connectivity index (χ4v) is 3.75. The Labute approximate surface area is 166 Å². The summed E-state index contributed by atoms with van der Waals surface area (Å²) in [6.07, 6.45) is 0. The fourth-order valence-electron chi connectivity index (χ4n) is 2.43. The molecule has 1 aromatic heterocycles. The summed E-state index contributed by atoms with van der Waals surface area (Å²) in [7, 11) is 0. The van der Waals surface area contributed by atoms with Crippen LogP contribution in [0.1, 0.15) is 26.4 Å². The van der Waals surface area contributed by atoms with Crippen LogP contribution in [0.2, 0.25) is 10.0 Å². The minimum atomic E-state index is -0.202. The van der Waals surface area contributed by atoms with Crippen molar-refractivity contribution in [1.29, 1.82) is 0 Å². The molecule has 0 saturated carbocycles. The van der Waals surface area contributed by atoms with E-state index in [0.29, 0.717) is 27.2 Å². The van der Waals surface area contributed by atoms with Gasteiger partial charge in [-0.25, -0.2) is 0 Å². The third-order valence-electron chi connectivity index (χ3n) is 3.95. The van der Waals surface area contributed by atoms with Crippen LogP contribution in [0.25, 0.3) is 0 Å². The number of hydrogen-bond acceptors (Lipinski definition) is 3. The van der Waals surface area contributed by atoms with E-state index in [9.17, 15) is 4.79 Å². The summed E-state index contributed by atoms with van der Waals surface area (Å²) in [5.41, 5.74) is 3.82. The average Bonchev–Trinajstić information content (AvgIpc) is 3.04. The number of nitrogens with one attached hydrogen (secondary N) is 1. The Balaban J connectivity index is 1.65. The van der Waals surface area contributed by atoms with E-state index in [1.807, 2.05) is 30.5 Å². The van der Waals surface area contributed by atoms with Gasteiger partial charge in [-0.05, 0) is 60.7 Å². The molecule has 0 saturated heterocycles. The molecule has 0 bridgehead atoms. The van der Waals surface area contributed by atoms with Crippen molar-refractivity contribution in [2.45, 2.75) is 20.5 Å². The van der Waals surface area contributed by atoms with Crippen molar-refractivity contribution in [3.05, 3.63) is 79.5 Å². The first-order valence-electron chi connectivity index (χ1n) is 7.96. The Bertz CT molecular complexity index is 932. The van der Waals surface area contributed by atoms with Crippen molar-refractivity contribution in [2.24, 2.45) is 0 Å². The number of aryl methyl sites for hydroxylation is 1. The molecule has 1 amide bonds. The van der Waals surface area contributed by atoms with Gasteiger partial charge >= 0.3 is 0 Å². The van der Waals surface area contributed by atoms with Crippen molar-refractivity contribution < 1.29 is 9.53 Å². The first kappa shape index (κ1) is 18.8. The lowest BCUT2D eigenvalue weighted by molar-refractivity contribution is 0.103. The summed E-state index contributed by atoms with van der Waals surface area (Å²) in [6, 6.07) is 12.7. The number of amides is 1. The standard InChI is InChI=1S/C20H17Cl2NO2S/c1-12-4-3-5-18(13(12)2)25-10-14-6-19(26-11-14)20(24)23-17-8-15(21)7-16(22)9-17/h3-9,11H,10H2,1-2H3,(H,23,24). The molecular formula is C20H17Cl2NO2S. The maximum absolute atomic E-state index is 12.4. The Morgan fingerprint density at radius 2 is 1.85 bits per heavy atom. The molecule has 0 fully saturated rings. The third-order valence-corrected chi connectivity index (χ3v) is 5.36. The highest BCUT2D eigenvalue weighted by atomic mass is 35.5. The molecule has 2 aromatic carbocycles. The van der Waals surface area contributed by atoms with Gasteiger partial charge in [0.1, 0.15) is 12.4 Å². The largest absolute Gasteiger partial charge is 0.489 e. The molecule has 1 heterocycles. The van der Waals surface area contributed by atoms with Gasteiger partial charge in [-0.15, -0.1) is 11.3 Å². The lowest BCUT2D eigenvalue weighted by Crippen LogP contribution is -2.10. The molecule has 0 aliphatic heterocycles. The lowest BCUT2D eigenvalue weighted by Gasteiger charge is -2.09. The Morgan fingerprint density at radius 1 is 1.12 bits per heavy atom. The molecule has 0 atom stereocenters. The highest BCUT2D eigenvalue weighted by Crippen LogP contribution is 2.25. The molecule has 26 heavy (non-hydrogen) atoms. The number of thiophene rings is 1. The van der Waals surface area contributed by atoms with Crippen molar-refractivity contribution in [3.63, 3.8) is 0 Å². The summed E-state index contributed by atoms with van der Waals surface area (Å²) < 4.78 is 5.89. The molecular weight excluding hydrogens is 389 g/mol. The van der Waals surface area contributed by atoms with E-state index in [0.717, 1.165) is 16.9 Å². The van der Waals surface area contributed by atoms with E-state index in [1.165, 1.54) is 16.9 Å². The fraction of sp³-hybridized carbons (Fsp3) is 0.150. The van der Waals surface area contributed by atoms with E-state index in [1.54, 1.807) is 18.2 Å². The van der Waals surface area contributed by atoms with Gasteiger partial charge in [0.25, 0.3) is 5.91 Å². The Morgan fingerprint density at radius 3 is 2.58 bits per heavy atom. The molecule has 6 heteroatoms. The van der Waals surface area contributed by atoms with Crippen LogP contribution in [-0.2, 0) is 6.61 Å². The second kappa shape index (κ2) is 8.12. The second-order valence-corrected chi connectivity index (χ2v) is 7.70. The number of carbonyl (C=O) groups is 1. The van der Waals surface area contributed by atoms with Crippen LogP contribution in [0, 0.1) is 13.8 Å². The van der Waals surface area contributed by atoms with Crippen LogP contribution in [0.3, 0.4) is 0 Å². The van der Waals surface area contributed by atoms with Gasteiger partial charge in [-0.3, -0.25) is 4.79 Å². The van der Waals surface area contributed by atoms with Crippen molar-refractivity contribution in [3.8, 4) is 5.75 Å². The molecule has 0 radical (unpaired) electrons. The minimum Gasteiger partial charge on any atom is -0.489 e. The average molecular weight is 406 g/mol. The van der Waals surface area contributed by atoms with Gasteiger partial charge < -0.3 is 10.1 Å². The number of ether oxygens (including phenoxy) is 1. The first-order valence-corrected chi connectivity index (χ1v) is 9.60. The summed E-state index contributed by atoms with van der Waals surface area (Å²) in [5, 5.41) is 5.67. The lowest BCUT2D eigenvalue weighted by atomic mass is 10.1. The molecule has 0 aliphatic carbocycles. The van der Waals surface area contributed by atoms with Gasteiger partial charge in [-0.2, -0.15) is 0 Å². The molecule has 3 rings (SSSR count). The molecule has 0 unspecified atom stereocenters. The predicted octanol–water partition coefficient (Wildman–Crippen LogP) is 6.50. The van der Waals surface area contributed by atoms with Gasteiger partial charge in [-0.1, -0.05) is 35.3 Å². The van der Waals surface area contributed by atoms with E-state index >= 15 is 0 Å². The minimum absolute atomic E-state index is 0.202. The third kappa shape index (κ3) is 4.58. The van der Waals surface area contributed by atoms with Crippen LogP contribution >= 0.6 is 34.5 Å². The van der Waals surface area contributed by atoms with E-state index in [-0.39, 0.29) is 5.91 Å². The summed E-state index contributed by atoms with van der Waals surface area (Å²) in [6.45, 7) is 4.50. The topological polar surface area (TPSA) is 38.3 Å². The summed E-state index contributed by atoms with van der Waals surface area (Å²) in [5.74, 6) is 0.655. The predicted molar refractivity (Wildman–Crippen MR) is 109 cm³/mol. The first-order chi connectivity index (χ1) is 12.4. The van der Waals surface area contributed by atoms with Crippen LogP contribution in [0.15, 0.2) is 47.8 Å². The van der Waals surface area contributed by atoms with Crippen LogP contribution in [-0.4, -0.2) is 5.91 Å². The molecule has 0 aliphatic rings. The molecule has 3 aromatic rings. The molecule has 134 valence electrons. The number of hydrogen-bond donors (Lipinski definition) is 1. The van der Waals surface area contributed by atoms with Crippen LogP contribution in [0.5, 0.6) is 5.75 Å². The zero-order valence-corrected chi connectivity index (χ0v) is 16.6.